The summed E-state index contributed by atoms with van der Waals surface area (Å²) in [5, 5.41) is 19.8. The summed E-state index contributed by atoms with van der Waals surface area (Å²) < 4.78 is 5.45. The van der Waals surface area contributed by atoms with Gasteiger partial charge in [-0.15, -0.1) is 0 Å². The molecule has 0 atom stereocenters. The number of nitrogens with zero attached hydrogens (tertiary/aromatic N) is 2. The van der Waals surface area contributed by atoms with Crippen LogP contribution in [-0.4, -0.2) is 38.4 Å². The van der Waals surface area contributed by atoms with Crippen molar-refractivity contribution in [1.29, 1.82) is 0 Å². The van der Waals surface area contributed by atoms with Crippen LogP contribution in [0.25, 0.3) is 0 Å². The first-order valence-electron chi connectivity index (χ1n) is 5.50. The number of aryl methyl sites for hydroxylation is 1. The second-order valence-electron chi connectivity index (χ2n) is 5.10. The van der Waals surface area contributed by atoms with Gasteiger partial charge in [0.15, 0.2) is 0 Å². The molecule has 0 aliphatic heterocycles. The minimum Gasteiger partial charge on any atom is -0.423 e. The fourth-order valence-corrected chi connectivity index (χ4v) is 1.02. The number of hydrogen-bond donors (Lipinski definition) is 2. The Bertz CT molecular complexity index is 373. The van der Waals surface area contributed by atoms with E-state index in [1.807, 2.05) is 0 Å². The number of rotatable bonds is 4. The molecule has 0 aliphatic rings. The molecule has 1 rings (SSSR count). The maximum absolute atomic E-state index is 9.92. The van der Waals surface area contributed by atoms with Gasteiger partial charge in [0.1, 0.15) is 5.82 Å². The van der Waals surface area contributed by atoms with Gasteiger partial charge in [-0.25, -0.2) is 9.97 Å². The van der Waals surface area contributed by atoms with E-state index in [0.717, 1.165) is 0 Å². The Morgan fingerprint density at radius 3 is 2.06 bits per heavy atom. The molecule has 0 radical (unpaired) electrons. The van der Waals surface area contributed by atoms with Crippen molar-refractivity contribution in [1.82, 2.24) is 9.97 Å². The molecule has 0 fully saturated rings. The molecule has 0 unspecified atom stereocenters. The second-order valence-corrected chi connectivity index (χ2v) is 5.10. The molecule has 1 heterocycles. The molecule has 2 N–H and O–H groups in total. The average molecular weight is 238 g/mol. The molecule has 0 aliphatic carbocycles. The Hall–Kier alpha value is -0.975. The summed E-state index contributed by atoms with van der Waals surface area (Å²) in [6, 6.07) is 0. The zero-order chi connectivity index (χ0) is 13.3. The molecule has 6 heteroatoms. The second kappa shape index (κ2) is 4.72. The highest BCUT2D eigenvalue weighted by atomic mass is 16.5. The zero-order valence-electron chi connectivity index (χ0n) is 10.9. The molecule has 0 spiro atoms. The van der Waals surface area contributed by atoms with Crippen LogP contribution in [0, 0.1) is 6.92 Å². The molecular formula is C11H19BN2O3. The predicted molar refractivity (Wildman–Crippen MR) is 65.8 cm³/mol. The molecule has 0 amide bonds. The lowest BCUT2D eigenvalue weighted by molar-refractivity contribution is -0.0982. The number of aliphatic hydroxyl groups is 1. The van der Waals surface area contributed by atoms with Crippen LogP contribution in [0.15, 0.2) is 12.4 Å². The maximum atomic E-state index is 9.92. The van der Waals surface area contributed by atoms with E-state index in [1.54, 1.807) is 34.6 Å². The quantitative estimate of drug-likeness (QED) is 0.724. The first-order chi connectivity index (χ1) is 7.63. The Morgan fingerprint density at radius 2 is 1.65 bits per heavy atom. The molecule has 17 heavy (non-hydrogen) atoms. The third kappa shape index (κ3) is 3.49. The molecule has 0 saturated heterocycles. The van der Waals surface area contributed by atoms with Crippen LogP contribution in [0.5, 0.6) is 0 Å². The third-order valence-electron chi connectivity index (χ3n) is 2.97. The van der Waals surface area contributed by atoms with Crippen LogP contribution in [0.3, 0.4) is 0 Å². The average Bonchev–Trinajstić information content (AvgIpc) is 2.16. The largest absolute Gasteiger partial charge is 0.494 e. The summed E-state index contributed by atoms with van der Waals surface area (Å²) in [4.78, 5) is 7.96. The highest BCUT2D eigenvalue weighted by Crippen LogP contribution is 2.25. The van der Waals surface area contributed by atoms with Gasteiger partial charge in [0.2, 0.25) is 0 Å². The topological polar surface area (TPSA) is 75.5 Å². The van der Waals surface area contributed by atoms with Gasteiger partial charge in [-0.1, -0.05) is 0 Å². The minimum absolute atomic E-state index is 0.466. The molecule has 94 valence electrons. The monoisotopic (exact) mass is 238 g/mol. The lowest BCUT2D eigenvalue weighted by atomic mass is 9.78. The van der Waals surface area contributed by atoms with Crippen LogP contribution in [0.1, 0.15) is 33.5 Å². The van der Waals surface area contributed by atoms with Crippen molar-refractivity contribution in [2.75, 3.05) is 0 Å². The summed E-state index contributed by atoms with van der Waals surface area (Å²) >= 11 is 0. The van der Waals surface area contributed by atoms with Crippen LogP contribution in [0.2, 0.25) is 0 Å². The first-order valence-corrected chi connectivity index (χ1v) is 5.50. The van der Waals surface area contributed by atoms with E-state index in [4.69, 9.17) is 4.65 Å². The van der Waals surface area contributed by atoms with Gasteiger partial charge in [0.05, 0.1) is 11.2 Å². The van der Waals surface area contributed by atoms with Crippen molar-refractivity contribution in [3.8, 4) is 0 Å². The van der Waals surface area contributed by atoms with E-state index in [0.29, 0.717) is 11.3 Å². The molecule has 1 aromatic rings. The summed E-state index contributed by atoms with van der Waals surface area (Å²) in [5.41, 5.74) is -1.50. The minimum atomic E-state index is -1.16. The molecule has 0 saturated carbocycles. The van der Waals surface area contributed by atoms with Crippen molar-refractivity contribution >= 4 is 12.6 Å². The van der Waals surface area contributed by atoms with Gasteiger partial charge in [-0.2, -0.15) is 0 Å². The lowest BCUT2D eigenvalue weighted by Gasteiger charge is -2.38. The van der Waals surface area contributed by atoms with Gasteiger partial charge in [-0.05, 0) is 34.6 Å². The third-order valence-corrected chi connectivity index (χ3v) is 2.97. The van der Waals surface area contributed by atoms with E-state index < -0.39 is 18.3 Å². The Morgan fingerprint density at radius 1 is 1.18 bits per heavy atom. The van der Waals surface area contributed by atoms with Gasteiger partial charge in [0.25, 0.3) is 0 Å². The first kappa shape index (κ1) is 14.1. The number of hydrogen-bond acceptors (Lipinski definition) is 5. The maximum Gasteiger partial charge on any atom is 0.494 e. The van der Waals surface area contributed by atoms with Gasteiger partial charge >= 0.3 is 7.12 Å². The van der Waals surface area contributed by atoms with Crippen LogP contribution in [-0.2, 0) is 4.65 Å². The van der Waals surface area contributed by atoms with E-state index in [-0.39, 0.29) is 0 Å². The van der Waals surface area contributed by atoms with Gasteiger partial charge < -0.3 is 14.8 Å². The van der Waals surface area contributed by atoms with Gasteiger partial charge in [0, 0.05) is 17.9 Å². The predicted octanol–water partition coefficient (Wildman–Crippen LogP) is 0.0386. The normalized spacial score (nSPS) is 12.6. The fraction of sp³-hybridized carbons (Fsp3) is 0.636. The Labute approximate surface area is 102 Å². The Kier molecular flexibility index (Phi) is 3.91. The van der Waals surface area contributed by atoms with E-state index in [1.165, 1.54) is 12.4 Å². The highest BCUT2D eigenvalue weighted by molar-refractivity contribution is 6.59. The van der Waals surface area contributed by atoms with Crippen molar-refractivity contribution < 1.29 is 14.8 Å². The number of aromatic nitrogens is 2. The molecule has 0 aromatic carbocycles. The van der Waals surface area contributed by atoms with E-state index in [9.17, 15) is 10.1 Å². The summed E-state index contributed by atoms with van der Waals surface area (Å²) in [5.74, 6) is 0.627. The van der Waals surface area contributed by atoms with Crippen molar-refractivity contribution in [3.05, 3.63) is 18.2 Å². The zero-order valence-corrected chi connectivity index (χ0v) is 10.9. The van der Waals surface area contributed by atoms with Crippen molar-refractivity contribution in [3.63, 3.8) is 0 Å². The fourth-order valence-electron chi connectivity index (χ4n) is 1.02. The van der Waals surface area contributed by atoms with Crippen molar-refractivity contribution in [2.24, 2.45) is 0 Å². The van der Waals surface area contributed by atoms with Crippen LogP contribution in [0.4, 0.5) is 0 Å². The highest BCUT2D eigenvalue weighted by Gasteiger charge is 2.39. The molecule has 1 aromatic heterocycles. The van der Waals surface area contributed by atoms with E-state index in [2.05, 4.69) is 9.97 Å². The van der Waals surface area contributed by atoms with Crippen LogP contribution >= 0.6 is 0 Å². The molecule has 0 bridgehead atoms. The molecule has 5 nitrogen and oxygen atoms in total. The summed E-state index contributed by atoms with van der Waals surface area (Å²) in [7, 11) is -1.16. The summed E-state index contributed by atoms with van der Waals surface area (Å²) in [6.07, 6.45) is 3.01. The van der Waals surface area contributed by atoms with Gasteiger partial charge in [-0.3, -0.25) is 0 Å². The lowest BCUT2D eigenvalue weighted by Crippen LogP contribution is -2.53. The standard InChI is InChI=1S/C11H19BN2O3/c1-8-13-6-9(7-14-8)12(16)17-11(4,5)10(2,3)15/h6-7,15-16H,1-5H3. The smallest absolute Gasteiger partial charge is 0.423 e. The van der Waals surface area contributed by atoms with Crippen molar-refractivity contribution in [2.45, 2.75) is 45.8 Å². The Balaban J connectivity index is 2.79. The molecular weight excluding hydrogens is 219 g/mol. The summed E-state index contributed by atoms with van der Waals surface area (Å²) in [6.45, 7) is 8.45. The SMILES string of the molecule is Cc1ncc(B(O)OC(C)(C)C(C)(C)O)cn1. The van der Waals surface area contributed by atoms with E-state index >= 15 is 0 Å². The van der Waals surface area contributed by atoms with Crippen LogP contribution < -0.4 is 5.46 Å².